The summed E-state index contributed by atoms with van der Waals surface area (Å²) in [4.78, 5) is 107. The molecule has 0 spiro atoms. The molecule has 5 fully saturated rings. The summed E-state index contributed by atoms with van der Waals surface area (Å²) >= 11 is 5.99. The van der Waals surface area contributed by atoms with E-state index in [4.69, 9.17) is 33.1 Å². The highest BCUT2D eigenvalue weighted by molar-refractivity contribution is 7.14. The van der Waals surface area contributed by atoms with Gasteiger partial charge in [0, 0.05) is 266 Å². The Morgan fingerprint density at radius 2 is 0.691 bits per heavy atom. The van der Waals surface area contributed by atoms with Gasteiger partial charge in [-0.15, -0.1) is 45.3 Å². The standard InChI is InChI=1S/C22H23N5O.C21H21FN4OS.C21H22N4O2.C20H21N5OS.C19H20N4OS2/c23-20-3-1-17(16-5-7-24-8-6-16)13-19(20)14-21(28)18-2-4-22(26-15-18)27-11-9-25-10-12-27;22-17-4-1-14(2-5-17)15-3-6-18(23)16(11-15)12-19(27)21-25-20(13-28-21)26-9-7-24-8-10-26;22-19-3-1-15(17-5-10-27-14-17)11-18(19)12-20(26)16-2-4-21(24-13-16)25-8-6-23-7-9-25;21-17-2-1-15(14-3-5-22-6-4-14)11-16(17)12-18(26)20-24-19(13-27-20)25-9-7-23-8-10-25;20-15-4-3-13(18-2-1-9-25-18)10-14(15)11-17(24)16-12-26-19(22-16)23-7-5-21-6-8-23/h1-8,13,15,25H,9-12,14,23H2;1-6,11,13,24H,7-10,12,23H2;1-5,10-11,13-14,23H,6-9,12,22H2;1-6,11,13,23H,7-10,12,21H2;1-4,9-10,12,21H,5-8,11,20H2. The molecule has 14 heterocycles. The molecule has 28 nitrogen and oxygen atoms in total. The molecule has 9 aromatic heterocycles. The van der Waals surface area contributed by atoms with E-state index in [1.165, 1.54) is 51.0 Å². The Balaban J connectivity index is 0.000000123. The van der Waals surface area contributed by atoms with Crippen LogP contribution in [0.2, 0.25) is 0 Å². The number of nitrogens with two attached hydrogens (primary N) is 5. The number of aromatic nitrogens is 7. The number of hydrogen-bond donors (Lipinski definition) is 10. The summed E-state index contributed by atoms with van der Waals surface area (Å²) in [6.07, 6.45) is 14.9. The first kappa shape index (κ1) is 95.0. The molecule has 15 N–H and O–H groups in total. The smallest absolute Gasteiger partial charge is 0.195 e. The van der Waals surface area contributed by atoms with Crippen LogP contribution in [0.5, 0.6) is 0 Å². The predicted octanol–water partition coefficient (Wildman–Crippen LogP) is 14.6. The molecule has 0 aliphatic carbocycles. The van der Waals surface area contributed by atoms with Crippen LogP contribution in [0.1, 0.15) is 78.6 Å². The SMILES string of the molecule is Nc1ccc(-c2ccc(F)cc2)cc1CC(=O)c1nc(N2CCNCC2)cs1.Nc1ccc(-c2cccs2)cc1CC(=O)c1csc(N2CCNCC2)n1.Nc1ccc(-c2ccncc2)cc1CC(=O)c1ccc(N2CCNCC2)nc1.Nc1ccc(-c2ccncc2)cc1CC(=O)c1nc(N2CCNCC2)cs1.Nc1ccc(-c2ccoc2)cc1CC(=O)c1ccc(N2CCNCC2)nc1. The van der Waals surface area contributed by atoms with Gasteiger partial charge in [-0.25, -0.2) is 29.3 Å². The van der Waals surface area contributed by atoms with Gasteiger partial charge in [0.2, 0.25) is 0 Å². The van der Waals surface area contributed by atoms with E-state index >= 15 is 0 Å². The number of halogens is 1. The number of furan rings is 1. The van der Waals surface area contributed by atoms with Gasteiger partial charge >= 0.3 is 0 Å². The molecule has 5 aliphatic heterocycles. The molecule has 20 rings (SSSR count). The molecule has 15 aromatic rings. The van der Waals surface area contributed by atoms with Gasteiger partial charge in [-0.1, -0.05) is 48.5 Å². The van der Waals surface area contributed by atoms with Crippen LogP contribution in [-0.2, 0) is 32.1 Å². The Morgan fingerprint density at radius 3 is 1.07 bits per heavy atom. The summed E-state index contributed by atoms with van der Waals surface area (Å²) in [5, 5.41) is 26.4. The number of carbonyl (C=O) groups is 5. The van der Waals surface area contributed by atoms with Crippen molar-refractivity contribution >= 4 is 131 Å². The number of benzene rings is 6. The topological polar surface area (TPSA) is 395 Å². The fourth-order valence-corrected chi connectivity index (χ4v) is 19.2. The van der Waals surface area contributed by atoms with Crippen LogP contribution in [0.3, 0.4) is 0 Å². The van der Waals surface area contributed by atoms with E-state index < -0.39 is 0 Å². The maximum atomic E-state index is 13.2. The number of rotatable bonds is 25. The van der Waals surface area contributed by atoms with E-state index in [1.807, 2.05) is 167 Å². The van der Waals surface area contributed by atoms with Gasteiger partial charge in [0.1, 0.15) is 34.8 Å². The first-order valence-electron chi connectivity index (χ1n) is 45.2. The number of hydrogen-bond acceptors (Lipinski definition) is 32. The number of piperazine rings is 5. The number of thiazole rings is 3. The van der Waals surface area contributed by atoms with Crippen molar-refractivity contribution in [3.63, 3.8) is 0 Å². The number of thiophene rings is 1. The zero-order valence-corrected chi connectivity index (χ0v) is 78.4. The van der Waals surface area contributed by atoms with Crippen LogP contribution < -0.4 is 79.8 Å². The minimum Gasteiger partial charge on any atom is -0.472 e. The van der Waals surface area contributed by atoms with Crippen molar-refractivity contribution in [3.8, 4) is 54.9 Å². The molecule has 0 atom stereocenters. The lowest BCUT2D eigenvalue weighted by Gasteiger charge is -2.28. The Bertz CT molecular complexity index is 6500. The number of ketones is 5. The van der Waals surface area contributed by atoms with Crippen molar-refractivity contribution in [2.24, 2.45) is 0 Å². The second-order valence-corrected chi connectivity index (χ2v) is 36.6. The Kier molecular flexibility index (Phi) is 32.6. The third-order valence-electron chi connectivity index (χ3n) is 23.9. The van der Waals surface area contributed by atoms with Gasteiger partial charge in [0.25, 0.3) is 0 Å². The van der Waals surface area contributed by atoms with Gasteiger partial charge in [-0.05, 0) is 211 Å². The van der Waals surface area contributed by atoms with Crippen LogP contribution in [-0.4, -0.2) is 195 Å². The van der Waals surface area contributed by atoms with Gasteiger partial charge in [0.05, 0.1) is 12.5 Å². The molecule has 5 aliphatic rings. The Morgan fingerprint density at radius 1 is 0.338 bits per heavy atom. The van der Waals surface area contributed by atoms with E-state index in [0.717, 1.165) is 237 Å². The van der Waals surface area contributed by atoms with Crippen molar-refractivity contribution < 1.29 is 32.8 Å². The molecule has 6 aromatic carbocycles. The maximum Gasteiger partial charge on any atom is 0.195 e. The fraction of sp³-hybridized carbons (Fsp3) is 0.243. The number of nitrogens with zero attached hydrogens (tertiary/aromatic N) is 12. The lowest BCUT2D eigenvalue weighted by Crippen LogP contribution is -2.43. The molecule has 0 unspecified atom stereocenters. The number of nitrogen functional groups attached to an aromatic ring is 5. The minimum atomic E-state index is -0.279. The molecule has 0 bridgehead atoms. The average Bonchev–Trinajstić information content (AvgIpc) is 1.53. The van der Waals surface area contributed by atoms with Crippen LogP contribution in [0.4, 0.5) is 61.2 Å². The van der Waals surface area contributed by atoms with Crippen LogP contribution in [0.15, 0.2) is 258 Å². The molecule has 33 heteroatoms. The first-order valence-corrected chi connectivity index (χ1v) is 48.7. The van der Waals surface area contributed by atoms with E-state index in [0.29, 0.717) is 55.3 Å². The largest absolute Gasteiger partial charge is 0.472 e. The second kappa shape index (κ2) is 46.7. The summed E-state index contributed by atoms with van der Waals surface area (Å²) in [5.41, 5.74) is 48.4. The molecular formula is C103H107FN22O6S4. The van der Waals surface area contributed by atoms with E-state index in [-0.39, 0.29) is 66.8 Å². The zero-order chi connectivity index (χ0) is 94.1. The number of nitrogens with one attached hydrogen (secondary N) is 5. The molecule has 0 amide bonds. The molecule has 0 radical (unpaired) electrons. The maximum absolute atomic E-state index is 13.2. The first-order chi connectivity index (χ1) is 66.4. The summed E-state index contributed by atoms with van der Waals surface area (Å²) < 4.78 is 18.3. The van der Waals surface area contributed by atoms with Gasteiger partial charge in [0.15, 0.2) is 44.1 Å². The van der Waals surface area contributed by atoms with E-state index in [1.54, 1.807) is 79.2 Å². The molecule has 136 heavy (non-hydrogen) atoms. The van der Waals surface area contributed by atoms with Crippen molar-refractivity contribution in [2.75, 3.05) is 184 Å². The third kappa shape index (κ3) is 25.5. The number of anilines is 10. The highest BCUT2D eigenvalue weighted by atomic mass is 32.1. The highest BCUT2D eigenvalue weighted by Gasteiger charge is 2.25. The number of pyridine rings is 4. The van der Waals surface area contributed by atoms with Crippen molar-refractivity contribution in [1.82, 2.24) is 61.5 Å². The molecule has 5 saturated heterocycles. The van der Waals surface area contributed by atoms with E-state index in [9.17, 15) is 28.4 Å². The zero-order valence-electron chi connectivity index (χ0n) is 75.1. The van der Waals surface area contributed by atoms with Crippen LogP contribution in [0.25, 0.3) is 54.9 Å². The Labute approximate surface area is 804 Å². The fourth-order valence-electron chi connectivity index (χ4n) is 16.1. The van der Waals surface area contributed by atoms with E-state index in [2.05, 4.69) is 92.0 Å². The molecular weight excluding hydrogens is 1790 g/mol. The summed E-state index contributed by atoms with van der Waals surface area (Å²) in [7, 11) is 0. The van der Waals surface area contributed by atoms with Crippen LogP contribution >= 0.6 is 45.3 Å². The number of carbonyl (C=O) groups excluding carboxylic acids is 5. The van der Waals surface area contributed by atoms with Gasteiger partial charge < -0.3 is 84.2 Å². The summed E-state index contributed by atoms with van der Waals surface area (Å²) in [6.45, 7) is 18.6. The van der Waals surface area contributed by atoms with Gasteiger partial charge in [-0.3, -0.25) is 33.9 Å². The average molecular weight is 1900 g/mol. The predicted molar refractivity (Wildman–Crippen MR) is 548 cm³/mol. The third-order valence-corrected chi connectivity index (χ3v) is 27.4. The van der Waals surface area contributed by atoms with Crippen molar-refractivity contribution in [1.29, 1.82) is 0 Å². The second-order valence-electron chi connectivity index (χ2n) is 33.1. The molecule has 696 valence electrons. The van der Waals surface area contributed by atoms with Crippen molar-refractivity contribution in [3.05, 3.63) is 314 Å². The lowest BCUT2D eigenvalue weighted by molar-refractivity contribution is 0.0981. The Hall–Kier alpha value is -14.1. The summed E-state index contributed by atoms with van der Waals surface area (Å²) in [5.74, 6) is 3.28. The minimum absolute atomic E-state index is 0.0000345. The van der Waals surface area contributed by atoms with Crippen molar-refractivity contribution in [2.45, 2.75) is 32.1 Å². The lowest BCUT2D eigenvalue weighted by atomic mass is 9.98. The normalized spacial score (nSPS) is 14.3. The quantitative estimate of drug-likeness (QED) is 0.0188. The number of Topliss-reactive ketones (excluding diaryl/α,β-unsaturated/α-hetero) is 5. The van der Waals surface area contributed by atoms with Crippen LogP contribution in [0, 0.1) is 5.82 Å². The van der Waals surface area contributed by atoms with Gasteiger partial charge in [-0.2, -0.15) is 0 Å². The monoisotopic (exact) mass is 1890 g/mol. The highest BCUT2D eigenvalue weighted by Crippen LogP contribution is 2.35. The molecule has 0 saturated carbocycles. The summed E-state index contributed by atoms with van der Waals surface area (Å²) in [6, 6.07) is 56.3.